The van der Waals surface area contributed by atoms with E-state index in [1.807, 2.05) is 30.3 Å². The van der Waals surface area contributed by atoms with Crippen molar-refractivity contribution in [2.24, 2.45) is 0 Å². The standard InChI is InChI=1S/C14H12N4O3/c19-14(9-6-11-4-2-1-3-5-11)17-16-13-8-7-12(10-15-13)18(20)21/h1-10H,(H,15,16)(H,17,19)/b9-6+. The van der Waals surface area contributed by atoms with E-state index in [0.717, 1.165) is 11.8 Å². The van der Waals surface area contributed by atoms with E-state index in [1.54, 1.807) is 6.08 Å². The van der Waals surface area contributed by atoms with Crippen molar-refractivity contribution in [3.63, 3.8) is 0 Å². The molecule has 0 unspecified atom stereocenters. The molecule has 0 aliphatic heterocycles. The molecule has 2 rings (SSSR count). The SMILES string of the molecule is O=C(/C=C/c1ccccc1)NNc1ccc([N+](=O)[O-])cn1. The highest BCUT2D eigenvalue weighted by Crippen LogP contribution is 2.10. The number of aromatic nitrogens is 1. The van der Waals surface area contributed by atoms with Crippen molar-refractivity contribution < 1.29 is 9.72 Å². The van der Waals surface area contributed by atoms with E-state index in [-0.39, 0.29) is 11.6 Å². The zero-order valence-electron chi connectivity index (χ0n) is 10.9. The number of nitrogens with zero attached hydrogens (tertiary/aromatic N) is 2. The molecule has 1 aromatic heterocycles. The van der Waals surface area contributed by atoms with Gasteiger partial charge in [-0.05, 0) is 17.7 Å². The lowest BCUT2D eigenvalue weighted by atomic mass is 10.2. The number of pyridine rings is 1. The maximum Gasteiger partial charge on any atom is 0.287 e. The molecule has 7 heteroatoms. The number of hydrogen-bond acceptors (Lipinski definition) is 5. The number of nitro groups is 1. The topological polar surface area (TPSA) is 97.2 Å². The summed E-state index contributed by atoms with van der Waals surface area (Å²) in [7, 11) is 0. The second-order valence-corrected chi connectivity index (χ2v) is 4.02. The lowest BCUT2D eigenvalue weighted by molar-refractivity contribution is -0.385. The molecule has 0 bridgehead atoms. The Morgan fingerprint density at radius 2 is 1.95 bits per heavy atom. The third-order valence-electron chi connectivity index (χ3n) is 2.50. The Hall–Kier alpha value is -3.22. The summed E-state index contributed by atoms with van der Waals surface area (Å²) in [4.78, 5) is 25.3. The highest BCUT2D eigenvalue weighted by molar-refractivity contribution is 5.92. The van der Waals surface area contributed by atoms with Gasteiger partial charge in [-0.3, -0.25) is 25.8 Å². The zero-order chi connectivity index (χ0) is 15.1. The van der Waals surface area contributed by atoms with Crippen LogP contribution in [-0.4, -0.2) is 15.8 Å². The fourth-order valence-corrected chi connectivity index (χ4v) is 1.47. The van der Waals surface area contributed by atoms with Crippen LogP contribution in [0.15, 0.2) is 54.7 Å². The number of benzene rings is 1. The number of rotatable bonds is 5. The minimum absolute atomic E-state index is 0.115. The largest absolute Gasteiger partial charge is 0.287 e. The van der Waals surface area contributed by atoms with Crippen LogP contribution in [0.3, 0.4) is 0 Å². The van der Waals surface area contributed by atoms with Crippen LogP contribution >= 0.6 is 0 Å². The van der Waals surface area contributed by atoms with Gasteiger partial charge in [0.2, 0.25) is 0 Å². The molecule has 0 aliphatic carbocycles. The first-order valence-electron chi connectivity index (χ1n) is 6.05. The van der Waals surface area contributed by atoms with Crippen molar-refractivity contribution in [1.29, 1.82) is 0 Å². The Morgan fingerprint density at radius 3 is 2.57 bits per heavy atom. The van der Waals surface area contributed by atoms with Gasteiger partial charge < -0.3 is 0 Å². The number of anilines is 1. The van der Waals surface area contributed by atoms with Crippen LogP contribution in [0.5, 0.6) is 0 Å². The molecule has 21 heavy (non-hydrogen) atoms. The summed E-state index contributed by atoms with van der Waals surface area (Å²) in [6, 6.07) is 12.1. The van der Waals surface area contributed by atoms with E-state index < -0.39 is 4.92 Å². The molecule has 0 aliphatic rings. The maximum absolute atomic E-state index is 11.6. The summed E-state index contributed by atoms with van der Waals surface area (Å²) in [5.41, 5.74) is 5.76. The summed E-state index contributed by atoms with van der Waals surface area (Å²) in [6.07, 6.45) is 4.14. The Kier molecular flexibility index (Phi) is 4.60. The number of carbonyl (C=O) groups is 1. The first-order chi connectivity index (χ1) is 10.1. The predicted molar refractivity (Wildman–Crippen MR) is 78.1 cm³/mol. The van der Waals surface area contributed by atoms with Gasteiger partial charge in [0, 0.05) is 12.1 Å². The first kappa shape index (κ1) is 14.2. The third kappa shape index (κ3) is 4.43. The molecule has 0 saturated heterocycles. The van der Waals surface area contributed by atoms with Crippen LogP contribution in [0.4, 0.5) is 11.5 Å². The van der Waals surface area contributed by atoms with E-state index in [4.69, 9.17) is 0 Å². The minimum Gasteiger partial charge on any atom is -0.282 e. The molecule has 2 aromatic rings. The Labute approximate surface area is 120 Å². The van der Waals surface area contributed by atoms with E-state index in [1.165, 1.54) is 18.2 Å². The van der Waals surface area contributed by atoms with Gasteiger partial charge in [-0.2, -0.15) is 0 Å². The zero-order valence-corrected chi connectivity index (χ0v) is 10.9. The third-order valence-corrected chi connectivity index (χ3v) is 2.50. The van der Waals surface area contributed by atoms with Gasteiger partial charge in [0.25, 0.3) is 11.6 Å². The van der Waals surface area contributed by atoms with Gasteiger partial charge in [-0.15, -0.1) is 0 Å². The lowest BCUT2D eigenvalue weighted by Gasteiger charge is -2.04. The smallest absolute Gasteiger partial charge is 0.282 e. The maximum atomic E-state index is 11.6. The fraction of sp³-hybridized carbons (Fsp3) is 0. The molecule has 7 nitrogen and oxygen atoms in total. The first-order valence-corrected chi connectivity index (χ1v) is 6.05. The van der Waals surface area contributed by atoms with Gasteiger partial charge in [0.15, 0.2) is 0 Å². The molecule has 1 aromatic carbocycles. The molecule has 0 saturated carbocycles. The van der Waals surface area contributed by atoms with Crippen LogP contribution in [0.1, 0.15) is 5.56 Å². The summed E-state index contributed by atoms with van der Waals surface area (Å²) in [6.45, 7) is 0. The Balaban J connectivity index is 1.86. The van der Waals surface area contributed by atoms with Crippen LogP contribution in [0, 0.1) is 10.1 Å². The number of nitrogens with one attached hydrogen (secondary N) is 2. The quantitative estimate of drug-likeness (QED) is 0.498. The molecule has 2 N–H and O–H groups in total. The molecule has 0 radical (unpaired) electrons. The van der Waals surface area contributed by atoms with Gasteiger partial charge in [-0.25, -0.2) is 4.98 Å². The Bertz CT molecular complexity index is 654. The van der Waals surface area contributed by atoms with Gasteiger partial charge in [-0.1, -0.05) is 30.3 Å². The lowest BCUT2D eigenvalue weighted by Crippen LogP contribution is -2.27. The number of carbonyl (C=O) groups excluding carboxylic acids is 1. The normalized spacial score (nSPS) is 10.3. The summed E-state index contributed by atoms with van der Waals surface area (Å²) < 4.78 is 0. The van der Waals surface area contributed by atoms with E-state index in [0.29, 0.717) is 5.82 Å². The van der Waals surface area contributed by atoms with Crippen LogP contribution in [0.2, 0.25) is 0 Å². The van der Waals surface area contributed by atoms with Crippen molar-refractivity contribution in [2.75, 3.05) is 5.43 Å². The molecule has 1 heterocycles. The average molecular weight is 284 g/mol. The number of hydrazine groups is 1. The van der Waals surface area contributed by atoms with Crippen molar-refractivity contribution in [1.82, 2.24) is 10.4 Å². The highest BCUT2D eigenvalue weighted by Gasteiger charge is 2.05. The van der Waals surface area contributed by atoms with Crippen molar-refractivity contribution in [2.45, 2.75) is 0 Å². The van der Waals surface area contributed by atoms with Crippen molar-refractivity contribution >= 4 is 23.5 Å². The fourth-order valence-electron chi connectivity index (χ4n) is 1.47. The number of amides is 1. The van der Waals surface area contributed by atoms with Gasteiger partial charge >= 0.3 is 0 Å². The number of hydrogen-bond donors (Lipinski definition) is 2. The highest BCUT2D eigenvalue weighted by atomic mass is 16.6. The second-order valence-electron chi connectivity index (χ2n) is 4.02. The summed E-state index contributed by atoms with van der Waals surface area (Å²) >= 11 is 0. The second kappa shape index (κ2) is 6.80. The molecule has 0 spiro atoms. The van der Waals surface area contributed by atoms with Gasteiger partial charge in [0.05, 0.1) is 4.92 Å². The molecular weight excluding hydrogens is 272 g/mol. The predicted octanol–water partition coefficient (Wildman–Crippen LogP) is 2.15. The van der Waals surface area contributed by atoms with E-state index >= 15 is 0 Å². The van der Waals surface area contributed by atoms with E-state index in [9.17, 15) is 14.9 Å². The Morgan fingerprint density at radius 1 is 1.19 bits per heavy atom. The molecule has 106 valence electrons. The molecule has 1 amide bonds. The van der Waals surface area contributed by atoms with Crippen LogP contribution in [0.25, 0.3) is 6.08 Å². The molecule has 0 fully saturated rings. The van der Waals surface area contributed by atoms with Crippen LogP contribution in [-0.2, 0) is 4.79 Å². The van der Waals surface area contributed by atoms with Crippen LogP contribution < -0.4 is 10.9 Å². The monoisotopic (exact) mass is 284 g/mol. The van der Waals surface area contributed by atoms with Crippen molar-refractivity contribution in [3.05, 3.63) is 70.4 Å². The molecule has 0 atom stereocenters. The summed E-state index contributed by atoms with van der Waals surface area (Å²) in [5.74, 6) is -0.0546. The molecular formula is C14H12N4O3. The van der Waals surface area contributed by atoms with Crippen molar-refractivity contribution in [3.8, 4) is 0 Å². The average Bonchev–Trinajstić information content (AvgIpc) is 2.52. The van der Waals surface area contributed by atoms with Gasteiger partial charge in [0.1, 0.15) is 12.0 Å². The van der Waals surface area contributed by atoms with E-state index in [2.05, 4.69) is 15.8 Å². The minimum atomic E-state index is -0.544. The summed E-state index contributed by atoms with van der Waals surface area (Å²) in [5, 5.41) is 10.5.